The maximum absolute atomic E-state index is 13.4. The van der Waals surface area contributed by atoms with E-state index >= 15 is 0 Å². The van der Waals surface area contributed by atoms with Crippen LogP contribution >= 0.6 is 58.0 Å². The summed E-state index contributed by atoms with van der Waals surface area (Å²) in [4.78, 5) is 21.5. The number of amides is 2. The predicted molar refractivity (Wildman–Crippen MR) is 158 cm³/mol. The average molecular weight is 611 g/mol. The fraction of sp³-hybridized carbons (Fsp3) is 0.286. The van der Waals surface area contributed by atoms with E-state index in [-0.39, 0.29) is 11.4 Å². The molecule has 1 aromatic heterocycles. The Balaban J connectivity index is 1.27. The summed E-state index contributed by atoms with van der Waals surface area (Å²) in [6, 6.07) is 12.6. The van der Waals surface area contributed by atoms with E-state index in [1.807, 2.05) is 24.3 Å². The molecular formula is C28H25Cl5N4O. The second-order valence-corrected chi connectivity index (χ2v) is 11.7. The van der Waals surface area contributed by atoms with Gasteiger partial charge in [-0.2, -0.15) is 0 Å². The van der Waals surface area contributed by atoms with Crippen LogP contribution in [0, 0.1) is 0 Å². The Morgan fingerprint density at radius 3 is 2.50 bits per heavy atom. The number of benzene rings is 2. The van der Waals surface area contributed by atoms with Crippen molar-refractivity contribution in [3.63, 3.8) is 0 Å². The fourth-order valence-electron chi connectivity index (χ4n) is 5.26. The van der Waals surface area contributed by atoms with Gasteiger partial charge in [-0.25, -0.2) is 9.78 Å². The minimum absolute atomic E-state index is 0.202. The number of fused-ring (bicyclic) bond motifs is 2. The van der Waals surface area contributed by atoms with Gasteiger partial charge in [0.1, 0.15) is 5.15 Å². The first-order valence-electron chi connectivity index (χ1n) is 12.2. The van der Waals surface area contributed by atoms with Crippen LogP contribution in [-0.4, -0.2) is 42.1 Å². The Hall–Kier alpha value is -1.99. The number of nitrogens with one attached hydrogen (secondary N) is 1. The van der Waals surface area contributed by atoms with Crippen molar-refractivity contribution in [1.29, 1.82) is 0 Å². The van der Waals surface area contributed by atoms with E-state index in [4.69, 9.17) is 58.0 Å². The summed E-state index contributed by atoms with van der Waals surface area (Å²) in [6.07, 6.45) is 7.59. The first-order chi connectivity index (χ1) is 18.2. The van der Waals surface area contributed by atoms with Crippen LogP contribution in [-0.2, 0) is 12.0 Å². The van der Waals surface area contributed by atoms with Gasteiger partial charge >= 0.3 is 6.03 Å². The van der Waals surface area contributed by atoms with Gasteiger partial charge < -0.3 is 5.32 Å². The molecule has 0 aliphatic carbocycles. The molecule has 3 heterocycles. The van der Waals surface area contributed by atoms with E-state index in [9.17, 15) is 4.79 Å². The Labute approximate surface area is 247 Å². The van der Waals surface area contributed by atoms with Crippen LogP contribution in [0.3, 0.4) is 0 Å². The van der Waals surface area contributed by atoms with Crippen molar-refractivity contribution in [2.45, 2.75) is 24.8 Å². The second kappa shape index (κ2) is 11.6. The number of aromatic nitrogens is 1. The number of nitrogens with zero attached hydrogens (tertiary/aromatic N) is 3. The largest absolute Gasteiger partial charge is 0.334 e. The number of hydrogen-bond donors (Lipinski definition) is 1. The van der Waals surface area contributed by atoms with Crippen molar-refractivity contribution >= 4 is 75.8 Å². The fourth-order valence-corrected chi connectivity index (χ4v) is 6.35. The van der Waals surface area contributed by atoms with Crippen LogP contribution in [0.2, 0.25) is 25.2 Å². The number of carbonyl (C=O) groups excluding carboxylic acids is 1. The van der Waals surface area contributed by atoms with Crippen molar-refractivity contribution in [3.8, 4) is 0 Å². The molecule has 1 N–H and O–H groups in total. The molecule has 2 aliphatic heterocycles. The molecule has 1 spiro atoms. The molecule has 0 bridgehead atoms. The van der Waals surface area contributed by atoms with Gasteiger partial charge in [0, 0.05) is 36.3 Å². The normalized spacial score (nSPS) is 16.8. The minimum atomic E-state index is -0.203. The van der Waals surface area contributed by atoms with Gasteiger partial charge in [-0.15, -0.1) is 0 Å². The molecule has 2 aliphatic rings. The number of urea groups is 1. The summed E-state index contributed by atoms with van der Waals surface area (Å²) in [7, 11) is 0. The Kier molecular flexibility index (Phi) is 8.44. The van der Waals surface area contributed by atoms with Gasteiger partial charge in [0.25, 0.3) is 0 Å². The molecule has 198 valence electrons. The predicted octanol–water partition coefficient (Wildman–Crippen LogP) is 8.13. The van der Waals surface area contributed by atoms with Crippen LogP contribution < -0.4 is 10.2 Å². The molecule has 5 nitrogen and oxygen atoms in total. The molecule has 38 heavy (non-hydrogen) atoms. The highest BCUT2D eigenvalue weighted by atomic mass is 35.5. The number of piperidine rings is 1. The number of carbonyl (C=O) groups is 1. The van der Waals surface area contributed by atoms with E-state index in [0.717, 1.165) is 54.9 Å². The molecule has 5 rings (SSSR count). The SMILES string of the molecule is O=C(NCc1ccnc(Cl)c1)N1CC2(CCN(C/C=C/c3ccc(Cl)c(Cl)c3)CC2)c2cc(Cl)cc(Cl)c21. The van der Waals surface area contributed by atoms with E-state index < -0.39 is 0 Å². The highest BCUT2D eigenvalue weighted by Gasteiger charge is 2.47. The van der Waals surface area contributed by atoms with E-state index in [2.05, 4.69) is 27.4 Å². The highest BCUT2D eigenvalue weighted by molar-refractivity contribution is 6.42. The third kappa shape index (κ3) is 5.94. The minimum Gasteiger partial charge on any atom is -0.334 e. The highest BCUT2D eigenvalue weighted by Crippen LogP contribution is 2.50. The molecule has 10 heteroatoms. The van der Waals surface area contributed by atoms with Crippen LogP contribution in [0.4, 0.5) is 10.5 Å². The Morgan fingerprint density at radius 1 is 0.974 bits per heavy atom. The molecular weight excluding hydrogens is 586 g/mol. The average Bonchev–Trinajstić information content (AvgIpc) is 3.20. The number of halogens is 5. The van der Waals surface area contributed by atoms with Crippen molar-refractivity contribution in [1.82, 2.24) is 15.2 Å². The molecule has 2 aromatic carbocycles. The zero-order valence-electron chi connectivity index (χ0n) is 20.4. The summed E-state index contributed by atoms with van der Waals surface area (Å²) >= 11 is 31.2. The molecule has 0 atom stereocenters. The maximum atomic E-state index is 13.4. The van der Waals surface area contributed by atoms with Gasteiger partial charge in [-0.05, 0) is 79.0 Å². The van der Waals surface area contributed by atoms with Crippen LogP contribution in [0.25, 0.3) is 6.08 Å². The van der Waals surface area contributed by atoms with Crippen molar-refractivity contribution in [2.75, 3.05) is 31.1 Å². The van der Waals surface area contributed by atoms with Gasteiger partial charge in [-0.3, -0.25) is 9.80 Å². The van der Waals surface area contributed by atoms with E-state index in [1.165, 1.54) is 0 Å². The molecule has 3 aromatic rings. The van der Waals surface area contributed by atoms with Gasteiger partial charge in [-0.1, -0.05) is 76.2 Å². The summed E-state index contributed by atoms with van der Waals surface area (Å²) < 4.78 is 0. The molecule has 2 amide bonds. The topological polar surface area (TPSA) is 48.5 Å². The Morgan fingerprint density at radius 2 is 1.76 bits per heavy atom. The molecule has 1 fully saturated rings. The van der Waals surface area contributed by atoms with Crippen LogP contribution in [0.5, 0.6) is 0 Å². The lowest BCUT2D eigenvalue weighted by molar-refractivity contribution is 0.180. The third-order valence-electron chi connectivity index (χ3n) is 7.24. The number of pyridine rings is 1. The standard InChI is InChI=1S/C28H25Cl5N4O/c29-20-14-21-26(24(32)15-20)37(27(38)35-16-19-5-8-34-25(33)13-19)17-28(21)6-10-36(11-7-28)9-1-2-18-3-4-22(30)23(31)12-18/h1-5,8,12-15H,6-7,9-11,16-17H2,(H,35,38)/b2-1+. The lowest BCUT2D eigenvalue weighted by Gasteiger charge is -2.39. The maximum Gasteiger partial charge on any atom is 0.322 e. The quantitative estimate of drug-likeness (QED) is 0.297. The molecule has 1 saturated heterocycles. The van der Waals surface area contributed by atoms with Crippen molar-refractivity contribution < 1.29 is 4.79 Å². The number of anilines is 1. The number of likely N-dealkylation sites (tertiary alicyclic amines) is 1. The summed E-state index contributed by atoms with van der Waals surface area (Å²) in [5.74, 6) is 0. The van der Waals surface area contributed by atoms with Crippen LogP contribution in [0.15, 0.2) is 54.7 Å². The summed E-state index contributed by atoms with van der Waals surface area (Å²) in [5, 5.41) is 5.55. The van der Waals surface area contributed by atoms with Crippen LogP contribution in [0.1, 0.15) is 29.5 Å². The van der Waals surface area contributed by atoms with Gasteiger partial charge in [0.05, 0.1) is 20.8 Å². The number of rotatable bonds is 5. The first kappa shape index (κ1) is 27.6. The summed E-state index contributed by atoms with van der Waals surface area (Å²) in [6.45, 7) is 3.49. The lowest BCUT2D eigenvalue weighted by atomic mass is 9.74. The first-order valence-corrected chi connectivity index (χ1v) is 14.1. The van der Waals surface area contributed by atoms with E-state index in [0.29, 0.717) is 38.3 Å². The third-order valence-corrected chi connectivity index (χ3v) is 8.69. The zero-order chi connectivity index (χ0) is 26.9. The molecule has 0 saturated carbocycles. The monoisotopic (exact) mass is 608 g/mol. The van der Waals surface area contributed by atoms with Gasteiger partial charge in [0.15, 0.2) is 0 Å². The van der Waals surface area contributed by atoms with E-state index in [1.54, 1.807) is 29.3 Å². The molecule has 0 unspecified atom stereocenters. The summed E-state index contributed by atoms with van der Waals surface area (Å²) in [5.41, 5.74) is 3.47. The molecule has 0 radical (unpaired) electrons. The Bertz CT molecular complexity index is 1390. The van der Waals surface area contributed by atoms with Gasteiger partial charge in [0.2, 0.25) is 0 Å². The van der Waals surface area contributed by atoms with Crippen molar-refractivity contribution in [2.24, 2.45) is 0 Å². The lowest BCUT2D eigenvalue weighted by Crippen LogP contribution is -2.47. The van der Waals surface area contributed by atoms with Crippen molar-refractivity contribution in [3.05, 3.63) is 96.7 Å². The number of hydrogen-bond acceptors (Lipinski definition) is 3. The second-order valence-electron chi connectivity index (χ2n) is 9.67. The zero-order valence-corrected chi connectivity index (χ0v) is 24.1. The smallest absolute Gasteiger partial charge is 0.322 e.